The van der Waals surface area contributed by atoms with Gasteiger partial charge >= 0.3 is 0 Å². The number of fused-ring (bicyclic) bond motifs is 1. The molecule has 0 fully saturated rings. The predicted molar refractivity (Wildman–Crippen MR) is 37.0 cm³/mol. The highest BCUT2D eigenvalue weighted by Gasteiger charge is 2.19. The lowest BCUT2D eigenvalue weighted by Crippen LogP contribution is -2.26. The Balaban J connectivity index is 2.37. The maximum absolute atomic E-state index is 10.7. The SMILES string of the molecule is O=C1C=C2C=[C]C=CC2N1. The predicted octanol–water partition coefficient (Wildman–Crippen LogP) is 0.340. The Morgan fingerprint density at radius 1 is 1.60 bits per heavy atom. The molecule has 2 aliphatic rings. The molecule has 1 unspecified atom stereocenters. The molecule has 0 aromatic heterocycles. The second kappa shape index (κ2) is 1.84. The van der Waals surface area contributed by atoms with Crippen LogP contribution in [0.25, 0.3) is 0 Å². The van der Waals surface area contributed by atoms with Gasteiger partial charge in [0.05, 0.1) is 6.04 Å². The van der Waals surface area contributed by atoms with Gasteiger partial charge in [-0.1, -0.05) is 12.2 Å². The van der Waals surface area contributed by atoms with Crippen LogP contribution in [0, 0.1) is 6.08 Å². The summed E-state index contributed by atoms with van der Waals surface area (Å²) >= 11 is 0. The van der Waals surface area contributed by atoms with Crippen LogP contribution in [0.15, 0.2) is 29.9 Å². The highest BCUT2D eigenvalue weighted by atomic mass is 16.1. The summed E-state index contributed by atoms with van der Waals surface area (Å²) in [5, 5.41) is 2.77. The van der Waals surface area contributed by atoms with Gasteiger partial charge in [0.1, 0.15) is 0 Å². The molecule has 2 rings (SSSR count). The Kier molecular flexibility index (Phi) is 1.01. The van der Waals surface area contributed by atoms with Gasteiger partial charge in [0.2, 0.25) is 5.91 Å². The van der Waals surface area contributed by atoms with Crippen molar-refractivity contribution in [3.8, 4) is 0 Å². The molecule has 1 amide bonds. The first-order valence-corrected chi connectivity index (χ1v) is 3.14. The minimum atomic E-state index is -0.00963. The molecule has 49 valence electrons. The average Bonchev–Trinajstić information content (AvgIpc) is 2.27. The number of hydrogen-bond donors (Lipinski definition) is 1. The van der Waals surface area contributed by atoms with Crippen LogP contribution in [-0.4, -0.2) is 11.9 Å². The molecule has 1 radical (unpaired) electrons. The smallest absolute Gasteiger partial charge is 0.245 e. The van der Waals surface area contributed by atoms with Crippen molar-refractivity contribution in [2.24, 2.45) is 0 Å². The van der Waals surface area contributed by atoms with Crippen molar-refractivity contribution in [1.82, 2.24) is 5.32 Å². The Morgan fingerprint density at radius 3 is 3.30 bits per heavy atom. The van der Waals surface area contributed by atoms with E-state index in [0.717, 1.165) is 5.57 Å². The molecule has 2 nitrogen and oxygen atoms in total. The molecule has 1 atom stereocenters. The minimum Gasteiger partial charge on any atom is -0.342 e. The molecule has 0 saturated heterocycles. The fraction of sp³-hybridized carbons (Fsp3) is 0.125. The van der Waals surface area contributed by atoms with Gasteiger partial charge in [-0.05, 0) is 17.7 Å². The first kappa shape index (κ1) is 5.47. The summed E-state index contributed by atoms with van der Waals surface area (Å²) in [5.41, 5.74) is 1.01. The van der Waals surface area contributed by atoms with Crippen molar-refractivity contribution in [3.05, 3.63) is 36.0 Å². The van der Waals surface area contributed by atoms with Crippen LogP contribution >= 0.6 is 0 Å². The molecule has 0 aromatic rings. The molecular formula is C8H6NO. The molecule has 0 aromatic carbocycles. The molecule has 0 bridgehead atoms. The molecule has 0 saturated carbocycles. The number of carbonyl (C=O) groups is 1. The van der Waals surface area contributed by atoms with E-state index in [1.54, 1.807) is 6.08 Å². The van der Waals surface area contributed by atoms with Crippen LogP contribution in [0.1, 0.15) is 0 Å². The summed E-state index contributed by atoms with van der Waals surface area (Å²) in [5.74, 6) is -0.00963. The van der Waals surface area contributed by atoms with Crippen LogP contribution in [0.2, 0.25) is 0 Å². The molecule has 10 heavy (non-hydrogen) atoms. The summed E-state index contributed by atoms with van der Waals surface area (Å²) in [4.78, 5) is 10.7. The number of amides is 1. The van der Waals surface area contributed by atoms with E-state index < -0.39 is 0 Å². The maximum atomic E-state index is 10.7. The molecule has 0 spiro atoms. The number of nitrogens with one attached hydrogen (secondary N) is 1. The van der Waals surface area contributed by atoms with E-state index >= 15 is 0 Å². The van der Waals surface area contributed by atoms with Crippen LogP contribution in [0.4, 0.5) is 0 Å². The van der Waals surface area contributed by atoms with Gasteiger partial charge in [0, 0.05) is 6.08 Å². The second-order valence-corrected chi connectivity index (χ2v) is 2.30. The first-order valence-electron chi connectivity index (χ1n) is 3.14. The molecule has 1 heterocycles. The zero-order chi connectivity index (χ0) is 6.97. The highest BCUT2D eigenvalue weighted by Crippen LogP contribution is 2.14. The zero-order valence-corrected chi connectivity index (χ0v) is 5.29. The van der Waals surface area contributed by atoms with Crippen LogP contribution < -0.4 is 5.32 Å². The minimum absolute atomic E-state index is 0.00963. The van der Waals surface area contributed by atoms with Gasteiger partial charge in [-0.15, -0.1) is 0 Å². The van der Waals surface area contributed by atoms with Gasteiger partial charge in [-0.25, -0.2) is 0 Å². The summed E-state index contributed by atoms with van der Waals surface area (Å²) in [7, 11) is 0. The van der Waals surface area contributed by atoms with Crippen molar-refractivity contribution < 1.29 is 4.79 Å². The first-order chi connectivity index (χ1) is 4.86. The summed E-state index contributed by atoms with van der Waals surface area (Å²) in [6.45, 7) is 0. The molecule has 1 N–H and O–H groups in total. The Bertz CT molecular complexity index is 260. The largest absolute Gasteiger partial charge is 0.342 e. The third-order valence-corrected chi connectivity index (χ3v) is 1.59. The fourth-order valence-electron chi connectivity index (χ4n) is 1.11. The molecular weight excluding hydrogens is 126 g/mol. The molecule has 1 aliphatic heterocycles. The lowest BCUT2D eigenvalue weighted by molar-refractivity contribution is -0.116. The van der Waals surface area contributed by atoms with Crippen molar-refractivity contribution >= 4 is 5.91 Å². The van der Waals surface area contributed by atoms with E-state index in [0.29, 0.717) is 0 Å². The third-order valence-electron chi connectivity index (χ3n) is 1.59. The number of hydrogen-bond acceptors (Lipinski definition) is 1. The van der Waals surface area contributed by atoms with Crippen LogP contribution in [0.3, 0.4) is 0 Å². The van der Waals surface area contributed by atoms with Gasteiger partial charge in [-0.2, -0.15) is 0 Å². The average molecular weight is 132 g/mol. The monoisotopic (exact) mass is 132 g/mol. The van der Waals surface area contributed by atoms with Gasteiger partial charge in [0.15, 0.2) is 0 Å². The second-order valence-electron chi connectivity index (χ2n) is 2.30. The van der Waals surface area contributed by atoms with E-state index in [4.69, 9.17) is 0 Å². The topological polar surface area (TPSA) is 29.1 Å². The summed E-state index contributed by atoms with van der Waals surface area (Å²) in [6, 6.07) is 0.105. The van der Waals surface area contributed by atoms with Gasteiger partial charge < -0.3 is 5.32 Å². The van der Waals surface area contributed by atoms with E-state index in [1.165, 1.54) is 0 Å². The van der Waals surface area contributed by atoms with E-state index in [9.17, 15) is 4.79 Å². The molecule has 1 aliphatic carbocycles. The lowest BCUT2D eigenvalue weighted by atomic mass is 10.1. The quantitative estimate of drug-likeness (QED) is 0.506. The Morgan fingerprint density at radius 2 is 2.50 bits per heavy atom. The van der Waals surface area contributed by atoms with Crippen molar-refractivity contribution in [1.29, 1.82) is 0 Å². The summed E-state index contributed by atoms with van der Waals surface area (Å²) in [6.07, 6.45) is 10.1. The highest BCUT2D eigenvalue weighted by molar-refractivity contribution is 5.93. The maximum Gasteiger partial charge on any atom is 0.245 e. The van der Waals surface area contributed by atoms with Gasteiger partial charge in [-0.3, -0.25) is 4.79 Å². The third kappa shape index (κ3) is 0.692. The standard InChI is InChI=1S/C8H6NO/c10-8-5-6-3-1-2-4-7(6)9-8/h2-5,7H,(H,9,10). The van der Waals surface area contributed by atoms with Gasteiger partial charge in [0.25, 0.3) is 0 Å². The zero-order valence-electron chi connectivity index (χ0n) is 5.29. The van der Waals surface area contributed by atoms with E-state index in [1.807, 2.05) is 18.2 Å². The molecule has 2 heteroatoms. The van der Waals surface area contributed by atoms with Crippen molar-refractivity contribution in [3.63, 3.8) is 0 Å². The van der Waals surface area contributed by atoms with Crippen LogP contribution in [0.5, 0.6) is 0 Å². The summed E-state index contributed by atoms with van der Waals surface area (Å²) < 4.78 is 0. The normalized spacial score (nSPS) is 27.8. The lowest BCUT2D eigenvalue weighted by Gasteiger charge is -2.08. The Labute approximate surface area is 58.9 Å². The van der Waals surface area contributed by atoms with Crippen molar-refractivity contribution in [2.45, 2.75) is 6.04 Å². The number of carbonyl (C=O) groups excluding carboxylic acids is 1. The Hall–Kier alpha value is -1.31. The number of rotatable bonds is 0. The van der Waals surface area contributed by atoms with E-state index in [2.05, 4.69) is 11.4 Å². The number of allylic oxidation sites excluding steroid dienone is 2. The van der Waals surface area contributed by atoms with Crippen molar-refractivity contribution in [2.75, 3.05) is 0 Å². The van der Waals surface area contributed by atoms with Crippen LogP contribution in [-0.2, 0) is 4.79 Å². The van der Waals surface area contributed by atoms with E-state index in [-0.39, 0.29) is 11.9 Å². The fourth-order valence-corrected chi connectivity index (χ4v) is 1.11.